The van der Waals surface area contributed by atoms with Gasteiger partial charge in [-0.25, -0.2) is 0 Å². The van der Waals surface area contributed by atoms with E-state index in [-0.39, 0.29) is 0 Å². The topological polar surface area (TPSA) is 27.7 Å². The highest BCUT2D eigenvalue weighted by Crippen LogP contribution is 2.41. The Bertz CT molecular complexity index is 322. The normalized spacial score (nSPS) is 10.9. The smallest absolute Gasteiger partial charge is 0.397 e. The summed E-state index contributed by atoms with van der Waals surface area (Å²) in [6, 6.07) is 7.24. The molecule has 19 heavy (non-hydrogen) atoms. The largest absolute Gasteiger partial charge is 0.427 e. The van der Waals surface area contributed by atoms with Gasteiger partial charge in [-0.15, -0.1) is 0 Å². The Kier molecular flexibility index (Phi) is 9.19. The average molecular weight is 305 g/mol. The van der Waals surface area contributed by atoms with Crippen molar-refractivity contribution in [1.82, 2.24) is 0 Å². The zero-order chi connectivity index (χ0) is 13.9. The summed E-state index contributed by atoms with van der Waals surface area (Å²) < 4.78 is 17.0. The number of rotatable bonds is 10. The molecule has 0 N–H and O–H groups in total. The Labute approximate surface area is 122 Å². The summed E-state index contributed by atoms with van der Waals surface area (Å²) >= 11 is 5.84. The second-order valence-electron chi connectivity index (χ2n) is 4.14. The van der Waals surface area contributed by atoms with Crippen molar-refractivity contribution in [2.75, 3.05) is 13.2 Å². The van der Waals surface area contributed by atoms with Crippen molar-refractivity contribution in [2.45, 2.75) is 39.5 Å². The van der Waals surface area contributed by atoms with Gasteiger partial charge in [0.05, 0.1) is 13.2 Å². The molecule has 0 aliphatic carbocycles. The maximum Gasteiger partial charge on any atom is 0.397 e. The molecule has 0 aliphatic heterocycles. The molecular weight excluding hydrogens is 283 g/mol. The van der Waals surface area contributed by atoms with Gasteiger partial charge < -0.3 is 13.6 Å². The van der Waals surface area contributed by atoms with Crippen molar-refractivity contribution in [1.29, 1.82) is 0 Å². The van der Waals surface area contributed by atoms with E-state index < -0.39 is 8.60 Å². The minimum Gasteiger partial charge on any atom is -0.427 e. The quantitative estimate of drug-likeness (QED) is 0.417. The molecular formula is C14H22ClO3P. The minimum atomic E-state index is -1.31. The van der Waals surface area contributed by atoms with Gasteiger partial charge in [0, 0.05) is 5.02 Å². The molecule has 0 aromatic heterocycles. The molecule has 1 rings (SSSR count). The summed E-state index contributed by atoms with van der Waals surface area (Å²) in [4.78, 5) is 0. The first-order chi connectivity index (χ1) is 9.26. The van der Waals surface area contributed by atoms with Crippen LogP contribution in [-0.2, 0) is 9.05 Å². The highest BCUT2D eigenvalue weighted by Gasteiger charge is 2.14. The lowest BCUT2D eigenvalue weighted by molar-refractivity contribution is 0.201. The molecule has 0 fully saturated rings. The summed E-state index contributed by atoms with van der Waals surface area (Å²) in [6.45, 7) is 5.59. The van der Waals surface area contributed by atoms with E-state index in [9.17, 15) is 0 Å². The third-order valence-electron chi connectivity index (χ3n) is 2.38. The molecule has 108 valence electrons. The van der Waals surface area contributed by atoms with Crippen molar-refractivity contribution in [3.05, 3.63) is 29.3 Å². The number of hydrogen-bond acceptors (Lipinski definition) is 3. The zero-order valence-corrected chi connectivity index (χ0v) is 13.3. The van der Waals surface area contributed by atoms with E-state index in [2.05, 4.69) is 13.8 Å². The molecule has 0 atom stereocenters. The van der Waals surface area contributed by atoms with Crippen LogP contribution in [0.2, 0.25) is 5.02 Å². The standard InChI is InChI=1S/C14H22ClO3P/c1-3-5-11-16-19(17-12-6-4-2)18-14-9-7-13(15)8-10-14/h7-10H,3-6,11-12H2,1-2H3. The molecule has 3 nitrogen and oxygen atoms in total. The molecule has 0 aliphatic rings. The van der Waals surface area contributed by atoms with Gasteiger partial charge in [-0.1, -0.05) is 38.3 Å². The van der Waals surface area contributed by atoms with Crippen LogP contribution >= 0.6 is 20.2 Å². The highest BCUT2D eigenvalue weighted by molar-refractivity contribution is 7.42. The molecule has 0 bridgehead atoms. The van der Waals surface area contributed by atoms with Crippen LogP contribution in [0.4, 0.5) is 0 Å². The maximum atomic E-state index is 5.84. The number of hydrogen-bond donors (Lipinski definition) is 0. The Hall–Kier alpha value is -0.340. The van der Waals surface area contributed by atoms with Crippen molar-refractivity contribution < 1.29 is 13.6 Å². The third kappa shape index (κ3) is 7.74. The zero-order valence-electron chi connectivity index (χ0n) is 11.6. The fourth-order valence-electron chi connectivity index (χ4n) is 1.24. The highest BCUT2D eigenvalue weighted by atomic mass is 35.5. The molecule has 0 saturated carbocycles. The van der Waals surface area contributed by atoms with E-state index in [0.29, 0.717) is 18.2 Å². The van der Waals surface area contributed by atoms with E-state index in [4.69, 9.17) is 25.2 Å². The van der Waals surface area contributed by atoms with Gasteiger partial charge in [0.25, 0.3) is 0 Å². The summed E-state index contributed by atoms with van der Waals surface area (Å²) in [6.07, 6.45) is 4.22. The van der Waals surface area contributed by atoms with Gasteiger partial charge in [-0.3, -0.25) is 0 Å². The van der Waals surface area contributed by atoms with Crippen molar-refractivity contribution in [2.24, 2.45) is 0 Å². The average Bonchev–Trinajstić information content (AvgIpc) is 2.41. The van der Waals surface area contributed by atoms with E-state index >= 15 is 0 Å². The second kappa shape index (κ2) is 10.4. The lowest BCUT2D eigenvalue weighted by Gasteiger charge is -2.17. The summed E-state index contributed by atoms with van der Waals surface area (Å²) in [5.74, 6) is 0.725. The molecule has 0 spiro atoms. The first kappa shape index (κ1) is 16.7. The molecule has 0 unspecified atom stereocenters. The Balaban J connectivity index is 2.44. The van der Waals surface area contributed by atoms with Crippen LogP contribution < -0.4 is 4.52 Å². The van der Waals surface area contributed by atoms with E-state index in [0.717, 1.165) is 31.4 Å². The third-order valence-corrected chi connectivity index (χ3v) is 3.78. The molecule has 0 saturated heterocycles. The Morgan fingerprint density at radius 2 is 1.47 bits per heavy atom. The molecule has 1 aromatic rings. The van der Waals surface area contributed by atoms with Crippen LogP contribution in [-0.4, -0.2) is 13.2 Å². The lowest BCUT2D eigenvalue weighted by atomic mass is 10.3. The van der Waals surface area contributed by atoms with Crippen LogP contribution in [0.1, 0.15) is 39.5 Å². The van der Waals surface area contributed by atoms with E-state index in [1.165, 1.54) is 0 Å². The van der Waals surface area contributed by atoms with Gasteiger partial charge in [0.1, 0.15) is 5.75 Å². The minimum absolute atomic E-state index is 0.669. The van der Waals surface area contributed by atoms with Gasteiger partial charge in [-0.05, 0) is 37.1 Å². The molecule has 0 radical (unpaired) electrons. The monoisotopic (exact) mass is 304 g/mol. The molecule has 0 heterocycles. The van der Waals surface area contributed by atoms with Gasteiger partial charge in [0.2, 0.25) is 0 Å². The number of unbranched alkanes of at least 4 members (excludes halogenated alkanes) is 2. The van der Waals surface area contributed by atoms with Crippen LogP contribution in [0.15, 0.2) is 24.3 Å². The molecule has 0 amide bonds. The van der Waals surface area contributed by atoms with Crippen molar-refractivity contribution >= 4 is 20.2 Å². The Morgan fingerprint density at radius 1 is 0.947 bits per heavy atom. The van der Waals surface area contributed by atoms with Crippen molar-refractivity contribution in [3.8, 4) is 5.75 Å². The Morgan fingerprint density at radius 3 is 1.95 bits per heavy atom. The number of halogens is 1. The molecule has 1 aromatic carbocycles. The molecule has 5 heteroatoms. The van der Waals surface area contributed by atoms with E-state index in [1.807, 2.05) is 12.1 Å². The predicted octanol–water partition coefficient (Wildman–Crippen LogP) is 5.58. The predicted molar refractivity (Wildman–Crippen MR) is 80.7 cm³/mol. The van der Waals surface area contributed by atoms with Gasteiger partial charge in [-0.2, -0.15) is 0 Å². The van der Waals surface area contributed by atoms with Crippen LogP contribution in [0.25, 0.3) is 0 Å². The van der Waals surface area contributed by atoms with E-state index in [1.54, 1.807) is 12.1 Å². The first-order valence-corrected chi connectivity index (χ1v) is 8.23. The van der Waals surface area contributed by atoms with Gasteiger partial charge >= 0.3 is 8.60 Å². The summed E-state index contributed by atoms with van der Waals surface area (Å²) in [7, 11) is -1.31. The maximum absolute atomic E-state index is 5.84. The lowest BCUT2D eigenvalue weighted by Crippen LogP contribution is -2.00. The van der Waals surface area contributed by atoms with Gasteiger partial charge in [0.15, 0.2) is 0 Å². The van der Waals surface area contributed by atoms with Crippen molar-refractivity contribution in [3.63, 3.8) is 0 Å². The second-order valence-corrected chi connectivity index (χ2v) is 5.72. The summed E-state index contributed by atoms with van der Waals surface area (Å²) in [5, 5.41) is 0.690. The van der Waals surface area contributed by atoms with Crippen LogP contribution in [0.5, 0.6) is 5.75 Å². The summed E-state index contributed by atoms with van der Waals surface area (Å²) in [5.41, 5.74) is 0. The SMILES string of the molecule is CCCCOP(OCCCC)Oc1ccc(Cl)cc1. The number of benzene rings is 1. The first-order valence-electron chi connectivity index (χ1n) is 6.75. The fourth-order valence-corrected chi connectivity index (χ4v) is 2.39. The van der Waals surface area contributed by atoms with Crippen LogP contribution in [0.3, 0.4) is 0 Å². The van der Waals surface area contributed by atoms with Crippen LogP contribution in [0, 0.1) is 0 Å². The fraction of sp³-hybridized carbons (Fsp3) is 0.571.